The highest BCUT2D eigenvalue weighted by atomic mass is 16.6. The van der Waals surface area contributed by atoms with E-state index in [4.69, 9.17) is 4.74 Å². The van der Waals surface area contributed by atoms with Crippen molar-refractivity contribution in [3.05, 3.63) is 33.9 Å². The van der Waals surface area contributed by atoms with Crippen molar-refractivity contribution in [3.63, 3.8) is 0 Å². The summed E-state index contributed by atoms with van der Waals surface area (Å²) in [6.45, 7) is 6.05. The van der Waals surface area contributed by atoms with E-state index >= 15 is 0 Å². The van der Waals surface area contributed by atoms with Crippen LogP contribution in [0.25, 0.3) is 0 Å². The Hall–Kier alpha value is -3.15. The number of anilines is 1. The van der Waals surface area contributed by atoms with Gasteiger partial charge < -0.3 is 15.0 Å². The van der Waals surface area contributed by atoms with Crippen molar-refractivity contribution in [2.45, 2.75) is 39.2 Å². The summed E-state index contributed by atoms with van der Waals surface area (Å²) in [5.74, 6) is -1.60. The molecule has 0 aliphatic carbocycles. The van der Waals surface area contributed by atoms with Crippen LogP contribution in [0.5, 0.6) is 0 Å². The third-order valence-corrected chi connectivity index (χ3v) is 4.97. The molecule has 0 bridgehead atoms. The number of carbonyl (C=O) groups excluding carboxylic acids is 2. The number of esters is 1. The van der Waals surface area contributed by atoms with Crippen LogP contribution in [0.2, 0.25) is 0 Å². The van der Waals surface area contributed by atoms with Crippen LogP contribution in [0.15, 0.2) is 18.2 Å². The minimum absolute atomic E-state index is 0.00523. The van der Waals surface area contributed by atoms with Crippen LogP contribution >= 0.6 is 0 Å². The topological polar surface area (TPSA) is 126 Å². The fraction of sp³-hybridized carbons (Fsp3) is 0.526. The van der Waals surface area contributed by atoms with Gasteiger partial charge in [-0.15, -0.1) is 0 Å². The second-order valence-corrected chi connectivity index (χ2v) is 7.25. The van der Waals surface area contributed by atoms with Gasteiger partial charge in [0.2, 0.25) is 0 Å². The normalized spacial score (nSPS) is 15.6. The quantitative estimate of drug-likeness (QED) is 0.432. The molecule has 1 heterocycles. The second kappa shape index (κ2) is 8.69. The summed E-state index contributed by atoms with van der Waals surface area (Å²) >= 11 is 0. The average molecular weight is 388 g/mol. The summed E-state index contributed by atoms with van der Waals surface area (Å²) in [6, 6.07) is 6.18. The van der Waals surface area contributed by atoms with Crippen LogP contribution in [0, 0.1) is 27.4 Å². The lowest BCUT2D eigenvalue weighted by molar-refractivity contribution is -0.384. The van der Waals surface area contributed by atoms with Gasteiger partial charge in [-0.25, -0.2) is 4.79 Å². The second-order valence-electron chi connectivity index (χ2n) is 7.25. The summed E-state index contributed by atoms with van der Waals surface area (Å²) in [5.41, 5.74) is -0.787. The van der Waals surface area contributed by atoms with Gasteiger partial charge in [0.1, 0.15) is 11.2 Å². The first kappa shape index (κ1) is 21.2. The zero-order valence-electron chi connectivity index (χ0n) is 16.2. The van der Waals surface area contributed by atoms with E-state index in [0.29, 0.717) is 5.69 Å². The molecule has 0 aromatic heterocycles. The van der Waals surface area contributed by atoms with Crippen LogP contribution in [-0.4, -0.2) is 42.0 Å². The molecular weight excluding hydrogens is 364 g/mol. The van der Waals surface area contributed by atoms with Gasteiger partial charge in [0, 0.05) is 19.2 Å². The molecule has 9 nitrogen and oxygen atoms in total. The van der Waals surface area contributed by atoms with Gasteiger partial charge in [0.05, 0.1) is 16.6 Å². The van der Waals surface area contributed by atoms with Crippen LogP contribution < -0.4 is 10.2 Å². The number of benzene rings is 1. The molecule has 0 saturated carbocycles. The molecule has 1 aliphatic heterocycles. The number of carbonyl (C=O) groups is 2. The molecule has 1 N–H and O–H groups in total. The smallest absolute Gasteiger partial charge is 0.338 e. The van der Waals surface area contributed by atoms with Gasteiger partial charge in [0.15, 0.2) is 6.61 Å². The van der Waals surface area contributed by atoms with Gasteiger partial charge in [-0.05, 0) is 37.8 Å². The highest BCUT2D eigenvalue weighted by molar-refractivity contribution is 5.93. The van der Waals surface area contributed by atoms with Crippen molar-refractivity contribution in [3.8, 4) is 6.07 Å². The Kier molecular flexibility index (Phi) is 6.57. The van der Waals surface area contributed by atoms with E-state index in [1.165, 1.54) is 18.2 Å². The molecule has 1 atom stereocenters. The Labute approximate surface area is 163 Å². The Morgan fingerprint density at radius 2 is 2.04 bits per heavy atom. The van der Waals surface area contributed by atoms with Crippen molar-refractivity contribution in [1.82, 2.24) is 5.32 Å². The monoisotopic (exact) mass is 388 g/mol. The molecule has 0 unspecified atom stereocenters. The third-order valence-electron chi connectivity index (χ3n) is 4.97. The largest absolute Gasteiger partial charge is 0.452 e. The molecule has 1 amide bonds. The predicted molar refractivity (Wildman–Crippen MR) is 102 cm³/mol. The van der Waals surface area contributed by atoms with E-state index in [0.717, 1.165) is 25.9 Å². The van der Waals surface area contributed by atoms with Crippen LogP contribution in [-0.2, 0) is 9.53 Å². The maximum absolute atomic E-state index is 12.2. The maximum atomic E-state index is 12.2. The Morgan fingerprint density at radius 1 is 1.39 bits per heavy atom. The van der Waals surface area contributed by atoms with Crippen LogP contribution in [0.3, 0.4) is 0 Å². The number of ether oxygens (including phenoxy) is 1. The summed E-state index contributed by atoms with van der Waals surface area (Å²) in [4.78, 5) is 37.0. The molecular formula is C19H24N4O5. The molecule has 2 rings (SSSR count). The fourth-order valence-corrected chi connectivity index (χ4v) is 2.86. The number of nitro groups is 1. The molecule has 1 aromatic rings. The molecule has 1 aromatic carbocycles. The van der Waals surface area contributed by atoms with Crippen LogP contribution in [0.4, 0.5) is 11.4 Å². The molecule has 9 heteroatoms. The maximum Gasteiger partial charge on any atom is 0.338 e. The summed E-state index contributed by atoms with van der Waals surface area (Å²) < 4.78 is 4.96. The predicted octanol–water partition coefficient (Wildman–Crippen LogP) is 2.41. The van der Waals surface area contributed by atoms with Crippen LogP contribution in [0.1, 0.15) is 44.0 Å². The molecule has 1 aliphatic rings. The van der Waals surface area contributed by atoms with E-state index in [2.05, 4.69) is 5.32 Å². The van der Waals surface area contributed by atoms with Crippen molar-refractivity contribution >= 4 is 23.3 Å². The molecule has 150 valence electrons. The first-order valence-electron chi connectivity index (χ1n) is 9.10. The third kappa shape index (κ3) is 4.76. The van der Waals surface area contributed by atoms with E-state index in [1.54, 1.807) is 20.8 Å². The van der Waals surface area contributed by atoms with Crippen molar-refractivity contribution in [1.29, 1.82) is 5.26 Å². The van der Waals surface area contributed by atoms with Crippen molar-refractivity contribution < 1.29 is 19.2 Å². The van der Waals surface area contributed by atoms with Gasteiger partial charge in [-0.3, -0.25) is 14.9 Å². The number of nitrogens with zero attached hydrogens (tertiary/aromatic N) is 3. The Balaban J connectivity index is 2.06. The number of nitro benzene ring substituents is 1. The molecule has 1 fully saturated rings. The Morgan fingerprint density at radius 3 is 2.57 bits per heavy atom. The number of hydrogen-bond donors (Lipinski definition) is 1. The number of rotatable bonds is 7. The lowest BCUT2D eigenvalue weighted by atomic mass is 9.90. The summed E-state index contributed by atoms with van der Waals surface area (Å²) in [6.07, 6.45) is 1.93. The minimum atomic E-state index is -1.08. The number of nitrogens with one attached hydrogen (secondary N) is 1. The van der Waals surface area contributed by atoms with Gasteiger partial charge >= 0.3 is 5.97 Å². The number of hydrogen-bond acceptors (Lipinski definition) is 7. The molecule has 1 saturated heterocycles. The van der Waals surface area contributed by atoms with E-state index in [9.17, 15) is 25.0 Å². The first-order chi connectivity index (χ1) is 13.2. The molecule has 28 heavy (non-hydrogen) atoms. The van der Waals surface area contributed by atoms with E-state index in [1.807, 2.05) is 11.0 Å². The average Bonchev–Trinajstić information content (AvgIpc) is 3.19. The Bertz CT molecular complexity index is 811. The SMILES string of the molecule is CC(C)[C@@](C)(C#N)NC(=O)COC(=O)c1ccc(N2CCCC2)c([N+](=O)[O-])c1. The summed E-state index contributed by atoms with van der Waals surface area (Å²) in [5, 5.41) is 23.2. The van der Waals surface area contributed by atoms with E-state index in [-0.39, 0.29) is 17.2 Å². The highest BCUT2D eigenvalue weighted by Crippen LogP contribution is 2.31. The minimum Gasteiger partial charge on any atom is -0.452 e. The number of amides is 1. The molecule has 0 radical (unpaired) electrons. The van der Waals surface area contributed by atoms with Gasteiger partial charge in [-0.2, -0.15) is 5.26 Å². The van der Waals surface area contributed by atoms with Crippen molar-refractivity contribution in [2.24, 2.45) is 5.92 Å². The lowest BCUT2D eigenvalue weighted by Crippen LogP contribution is -2.50. The first-order valence-corrected chi connectivity index (χ1v) is 9.10. The number of nitriles is 1. The summed E-state index contributed by atoms with van der Waals surface area (Å²) in [7, 11) is 0. The van der Waals surface area contributed by atoms with E-state index < -0.39 is 28.9 Å². The zero-order chi connectivity index (χ0) is 20.9. The zero-order valence-corrected chi connectivity index (χ0v) is 16.2. The highest BCUT2D eigenvalue weighted by Gasteiger charge is 2.30. The van der Waals surface area contributed by atoms with Gasteiger partial charge in [-0.1, -0.05) is 13.8 Å². The lowest BCUT2D eigenvalue weighted by Gasteiger charge is -2.27. The van der Waals surface area contributed by atoms with Gasteiger partial charge in [0.25, 0.3) is 11.6 Å². The molecule has 0 spiro atoms. The van der Waals surface area contributed by atoms with Crippen molar-refractivity contribution in [2.75, 3.05) is 24.6 Å². The standard InChI is InChI=1S/C19H24N4O5/c1-13(2)19(3,12-20)21-17(24)11-28-18(25)14-6-7-15(16(10-14)23(26)27)22-8-4-5-9-22/h6-7,10,13H,4-5,8-9,11H2,1-3H3,(H,21,24)/t19-/m1/s1. The fourth-order valence-electron chi connectivity index (χ4n) is 2.86.